The third kappa shape index (κ3) is 3.47. The highest BCUT2D eigenvalue weighted by Crippen LogP contribution is 2.47. The van der Waals surface area contributed by atoms with Crippen LogP contribution in [-0.2, 0) is 6.42 Å². The number of furan rings is 1. The molecule has 1 aromatic heterocycles. The predicted molar refractivity (Wildman–Crippen MR) is 165 cm³/mol. The minimum absolute atomic E-state index is 0.969. The molecule has 1 heteroatoms. The van der Waals surface area contributed by atoms with Crippen LogP contribution < -0.4 is 0 Å². The van der Waals surface area contributed by atoms with Gasteiger partial charge in [-0.3, -0.25) is 0 Å². The lowest BCUT2D eigenvalue weighted by atomic mass is 9.84. The fraction of sp³-hybridized carbons (Fsp3) is 0.0526. The normalized spacial score (nSPS) is 12.8. The quantitative estimate of drug-likeness (QED) is 0.221. The summed E-state index contributed by atoms with van der Waals surface area (Å²) in [7, 11) is 0. The molecule has 6 aromatic carbocycles. The summed E-state index contributed by atoms with van der Waals surface area (Å²) in [6, 6.07) is 43.9. The number of aryl methyl sites for hydroxylation is 1. The van der Waals surface area contributed by atoms with E-state index in [0.717, 1.165) is 24.2 Å². The zero-order valence-corrected chi connectivity index (χ0v) is 21.5. The molecule has 0 aliphatic heterocycles. The first-order valence-electron chi connectivity index (χ1n) is 13.7. The van der Waals surface area contributed by atoms with Gasteiger partial charge in [0.2, 0.25) is 0 Å². The average Bonchev–Trinajstić information content (AvgIpc) is 3.39. The Bertz CT molecular complexity index is 2000. The summed E-state index contributed by atoms with van der Waals surface area (Å²) in [4.78, 5) is 0. The summed E-state index contributed by atoms with van der Waals surface area (Å²) in [5, 5.41) is 6.33. The summed E-state index contributed by atoms with van der Waals surface area (Å²) in [6.07, 6.45) is 6.42. The Morgan fingerprint density at radius 1 is 0.513 bits per heavy atom. The van der Waals surface area contributed by atoms with Crippen LogP contribution in [0.3, 0.4) is 0 Å². The first-order valence-corrected chi connectivity index (χ1v) is 13.7. The minimum atomic E-state index is 0.969. The Morgan fingerprint density at radius 2 is 1.13 bits per heavy atom. The van der Waals surface area contributed by atoms with Crippen molar-refractivity contribution in [3.8, 4) is 33.4 Å². The van der Waals surface area contributed by atoms with Crippen LogP contribution in [0.15, 0.2) is 132 Å². The topological polar surface area (TPSA) is 13.1 Å². The molecule has 0 amide bonds. The summed E-state index contributed by atoms with van der Waals surface area (Å²) in [5.74, 6) is 1.01. The highest BCUT2D eigenvalue weighted by Gasteiger charge is 2.22. The highest BCUT2D eigenvalue weighted by molar-refractivity contribution is 6.23. The van der Waals surface area contributed by atoms with Crippen LogP contribution in [0.1, 0.15) is 17.7 Å². The van der Waals surface area contributed by atoms with E-state index in [4.69, 9.17) is 4.42 Å². The molecule has 1 aliphatic rings. The Morgan fingerprint density at radius 3 is 1.87 bits per heavy atom. The standard InChI is InChI=1S/C38H26O/c1-2-12-25(13-3-1)26-14-10-15-27(24-26)36-28-16-4-6-18-30(28)37(31-19-7-5-17-29(31)36)33-21-11-23-35-38(33)32-20-8-9-22-34(32)39-35/h1-7,9-19,21-24H,8,20H2. The van der Waals surface area contributed by atoms with Gasteiger partial charge < -0.3 is 4.42 Å². The van der Waals surface area contributed by atoms with Crippen molar-refractivity contribution in [1.82, 2.24) is 0 Å². The van der Waals surface area contributed by atoms with Gasteiger partial charge in [-0.25, -0.2) is 0 Å². The molecule has 0 radical (unpaired) electrons. The van der Waals surface area contributed by atoms with Crippen molar-refractivity contribution in [1.29, 1.82) is 0 Å². The van der Waals surface area contributed by atoms with Gasteiger partial charge in [0.15, 0.2) is 0 Å². The molecule has 0 unspecified atom stereocenters. The molecule has 8 rings (SSSR count). The number of allylic oxidation sites excluding steroid dienone is 1. The van der Waals surface area contributed by atoms with Gasteiger partial charge in [0.05, 0.1) is 0 Å². The maximum Gasteiger partial charge on any atom is 0.135 e. The number of hydrogen-bond donors (Lipinski definition) is 0. The first kappa shape index (κ1) is 22.1. The number of fused-ring (bicyclic) bond motifs is 5. The third-order valence-corrected chi connectivity index (χ3v) is 8.13. The molecular weight excluding hydrogens is 472 g/mol. The van der Waals surface area contributed by atoms with E-state index >= 15 is 0 Å². The molecule has 7 aromatic rings. The van der Waals surface area contributed by atoms with E-state index in [2.05, 4.69) is 133 Å². The largest absolute Gasteiger partial charge is 0.456 e. The second-order valence-corrected chi connectivity index (χ2v) is 10.4. The number of rotatable bonds is 3. The zero-order chi connectivity index (χ0) is 25.8. The summed E-state index contributed by atoms with van der Waals surface area (Å²) in [6.45, 7) is 0. The Labute approximate surface area is 227 Å². The predicted octanol–water partition coefficient (Wildman–Crippen LogP) is 10.7. The average molecular weight is 499 g/mol. The molecule has 0 spiro atoms. The molecule has 0 N–H and O–H groups in total. The van der Waals surface area contributed by atoms with Crippen LogP contribution >= 0.6 is 0 Å². The highest BCUT2D eigenvalue weighted by atomic mass is 16.3. The van der Waals surface area contributed by atoms with Crippen molar-refractivity contribution in [3.05, 3.63) is 139 Å². The number of hydrogen-bond acceptors (Lipinski definition) is 1. The van der Waals surface area contributed by atoms with Gasteiger partial charge >= 0.3 is 0 Å². The van der Waals surface area contributed by atoms with E-state index in [1.165, 1.54) is 65.9 Å². The summed E-state index contributed by atoms with van der Waals surface area (Å²) < 4.78 is 6.34. The van der Waals surface area contributed by atoms with Crippen molar-refractivity contribution >= 4 is 38.6 Å². The van der Waals surface area contributed by atoms with Crippen molar-refractivity contribution in [2.24, 2.45) is 0 Å². The molecule has 0 atom stereocenters. The number of benzene rings is 6. The molecule has 1 heterocycles. The fourth-order valence-electron chi connectivity index (χ4n) is 6.45. The van der Waals surface area contributed by atoms with Gasteiger partial charge in [-0.15, -0.1) is 0 Å². The molecule has 0 bridgehead atoms. The van der Waals surface area contributed by atoms with Crippen LogP contribution in [0.2, 0.25) is 0 Å². The monoisotopic (exact) mass is 498 g/mol. The SMILES string of the molecule is C1=Cc2oc3cccc(-c4c5ccccc5c(-c5cccc(-c6ccccc6)c5)c5ccccc45)c3c2CC1. The van der Waals surface area contributed by atoms with Crippen LogP contribution in [-0.4, -0.2) is 0 Å². The maximum atomic E-state index is 6.34. The van der Waals surface area contributed by atoms with E-state index in [9.17, 15) is 0 Å². The second kappa shape index (κ2) is 8.85. The molecule has 0 saturated carbocycles. The van der Waals surface area contributed by atoms with Crippen molar-refractivity contribution in [3.63, 3.8) is 0 Å². The van der Waals surface area contributed by atoms with Crippen LogP contribution in [0.25, 0.3) is 72.0 Å². The molecule has 1 nitrogen and oxygen atoms in total. The van der Waals surface area contributed by atoms with Crippen LogP contribution in [0.5, 0.6) is 0 Å². The fourth-order valence-corrected chi connectivity index (χ4v) is 6.45. The lowest BCUT2D eigenvalue weighted by Crippen LogP contribution is -1.94. The van der Waals surface area contributed by atoms with Crippen molar-refractivity contribution < 1.29 is 4.42 Å². The van der Waals surface area contributed by atoms with E-state index in [1.807, 2.05) is 0 Å². The van der Waals surface area contributed by atoms with Crippen molar-refractivity contribution in [2.75, 3.05) is 0 Å². The van der Waals surface area contributed by atoms with Crippen LogP contribution in [0.4, 0.5) is 0 Å². The van der Waals surface area contributed by atoms with E-state index < -0.39 is 0 Å². The van der Waals surface area contributed by atoms with E-state index in [1.54, 1.807) is 0 Å². The molecular formula is C38H26O. The summed E-state index contributed by atoms with van der Waals surface area (Å²) in [5.41, 5.74) is 9.82. The summed E-state index contributed by atoms with van der Waals surface area (Å²) >= 11 is 0. The molecule has 0 fully saturated rings. The first-order chi connectivity index (χ1) is 19.4. The van der Waals surface area contributed by atoms with Gasteiger partial charge in [-0.2, -0.15) is 0 Å². The van der Waals surface area contributed by atoms with Gasteiger partial charge in [0.25, 0.3) is 0 Å². The zero-order valence-electron chi connectivity index (χ0n) is 21.5. The Balaban J connectivity index is 1.47. The third-order valence-electron chi connectivity index (χ3n) is 8.13. The lowest BCUT2D eigenvalue weighted by Gasteiger charge is -2.19. The Hall–Kier alpha value is -4.88. The van der Waals surface area contributed by atoms with Gasteiger partial charge in [0.1, 0.15) is 11.3 Å². The molecule has 1 aliphatic carbocycles. The maximum absolute atomic E-state index is 6.34. The second-order valence-electron chi connectivity index (χ2n) is 10.4. The molecule has 0 saturated heterocycles. The lowest BCUT2D eigenvalue weighted by molar-refractivity contribution is 0.595. The van der Waals surface area contributed by atoms with E-state index in [-0.39, 0.29) is 0 Å². The van der Waals surface area contributed by atoms with Crippen molar-refractivity contribution in [2.45, 2.75) is 12.8 Å². The van der Waals surface area contributed by atoms with Crippen LogP contribution in [0, 0.1) is 0 Å². The Kier molecular flexibility index (Phi) is 5.03. The minimum Gasteiger partial charge on any atom is -0.456 e. The van der Waals surface area contributed by atoms with Gasteiger partial charge in [-0.05, 0) is 86.0 Å². The van der Waals surface area contributed by atoms with Gasteiger partial charge in [0, 0.05) is 10.9 Å². The molecule has 184 valence electrons. The van der Waals surface area contributed by atoms with E-state index in [0.29, 0.717) is 0 Å². The van der Waals surface area contributed by atoms with Gasteiger partial charge in [-0.1, -0.05) is 115 Å². The smallest absolute Gasteiger partial charge is 0.135 e. The molecule has 39 heavy (non-hydrogen) atoms.